The number of nitrogens with one attached hydrogen (secondary N) is 1. The molecule has 0 fully saturated rings. The lowest BCUT2D eigenvalue weighted by Gasteiger charge is -2.15. The summed E-state index contributed by atoms with van der Waals surface area (Å²) in [5.41, 5.74) is 1.89. The Morgan fingerprint density at radius 2 is 2.20 bits per heavy atom. The van der Waals surface area contributed by atoms with Gasteiger partial charge in [-0.3, -0.25) is 4.79 Å². The van der Waals surface area contributed by atoms with Crippen LogP contribution in [0.2, 0.25) is 0 Å². The minimum Gasteiger partial charge on any atom is -0.466 e. The van der Waals surface area contributed by atoms with Crippen LogP contribution in [0.3, 0.4) is 0 Å². The van der Waals surface area contributed by atoms with E-state index in [4.69, 9.17) is 14.3 Å². The van der Waals surface area contributed by atoms with Crippen molar-refractivity contribution in [2.45, 2.75) is 0 Å². The molecule has 0 aliphatic carbocycles. The average molecular weight is 342 g/mol. The maximum absolute atomic E-state index is 12.5. The number of hydrogen-bond acceptors (Lipinski definition) is 6. The molecule has 3 rings (SSSR count). The number of rotatable bonds is 6. The molecule has 2 N–H and O–H groups in total. The Hall–Kier alpha value is -3.06. The molecule has 0 saturated carbocycles. The number of methoxy groups -OCH3 is 1. The number of carbonyl (C=O) groups is 2. The van der Waals surface area contributed by atoms with Crippen LogP contribution in [0, 0.1) is 0 Å². The average Bonchev–Trinajstić information content (AvgIpc) is 3.26. The van der Waals surface area contributed by atoms with Crippen LogP contribution < -0.4 is 5.32 Å². The smallest absolute Gasteiger partial charge is 0.337 e. The molecule has 0 spiro atoms. The quantitative estimate of drug-likeness (QED) is 0.775. The Kier molecular flexibility index (Phi) is 4.85. The normalized spacial score (nSPS) is 14.2. The van der Waals surface area contributed by atoms with Gasteiger partial charge in [-0.1, -0.05) is 12.1 Å². The van der Waals surface area contributed by atoms with Gasteiger partial charge in [-0.25, -0.2) is 4.79 Å². The second kappa shape index (κ2) is 7.23. The van der Waals surface area contributed by atoms with Crippen LogP contribution in [0.15, 0.2) is 58.3 Å². The molecule has 2 aromatic rings. The number of esters is 1. The number of carbonyl (C=O) groups excluding carboxylic acids is 2. The van der Waals surface area contributed by atoms with Gasteiger partial charge < -0.3 is 24.5 Å². The molecule has 1 amide bonds. The monoisotopic (exact) mass is 342 g/mol. The summed E-state index contributed by atoms with van der Waals surface area (Å²) >= 11 is 0. The van der Waals surface area contributed by atoms with Gasteiger partial charge in [-0.05, 0) is 24.3 Å². The molecular weight excluding hydrogens is 324 g/mol. The van der Waals surface area contributed by atoms with E-state index in [1.165, 1.54) is 12.0 Å². The number of nitrogens with zero attached hydrogens (tertiary/aromatic N) is 1. The third-order valence-electron chi connectivity index (χ3n) is 3.89. The predicted molar refractivity (Wildman–Crippen MR) is 90.5 cm³/mol. The molecular formula is C18H18N2O5. The first kappa shape index (κ1) is 16.8. The molecule has 0 saturated heterocycles. The molecule has 0 bridgehead atoms. The maximum Gasteiger partial charge on any atom is 0.337 e. The Bertz CT molecular complexity index is 811. The van der Waals surface area contributed by atoms with Crippen molar-refractivity contribution in [2.24, 2.45) is 0 Å². The minimum atomic E-state index is -0.571. The van der Waals surface area contributed by atoms with E-state index in [1.54, 1.807) is 18.4 Å². The highest BCUT2D eigenvalue weighted by molar-refractivity contribution is 6.08. The molecule has 7 nitrogen and oxygen atoms in total. The van der Waals surface area contributed by atoms with E-state index in [-0.39, 0.29) is 36.9 Å². The van der Waals surface area contributed by atoms with Crippen LogP contribution in [0.1, 0.15) is 0 Å². The molecule has 0 unspecified atom stereocenters. The molecule has 2 heterocycles. The van der Waals surface area contributed by atoms with E-state index < -0.39 is 5.97 Å². The summed E-state index contributed by atoms with van der Waals surface area (Å²) in [6.07, 6.45) is 1.58. The number of aliphatic hydroxyl groups is 1. The maximum atomic E-state index is 12.5. The summed E-state index contributed by atoms with van der Waals surface area (Å²) in [5, 5.41) is 12.1. The lowest BCUT2D eigenvalue weighted by atomic mass is 10.1. The van der Waals surface area contributed by atoms with Crippen molar-refractivity contribution in [3.63, 3.8) is 0 Å². The van der Waals surface area contributed by atoms with Crippen molar-refractivity contribution in [3.8, 4) is 11.3 Å². The summed E-state index contributed by atoms with van der Waals surface area (Å²) < 4.78 is 10.1. The molecule has 0 radical (unpaired) electrons. The van der Waals surface area contributed by atoms with E-state index in [1.807, 2.05) is 24.3 Å². The lowest BCUT2D eigenvalue weighted by molar-refractivity contribution is -0.136. The SMILES string of the molecule is COC(=O)C1=C(Nc2cccc(-c3ccco3)c2)C(=O)N(CCO)C1. The Labute approximate surface area is 144 Å². The fraction of sp³-hybridized carbons (Fsp3) is 0.222. The van der Waals surface area contributed by atoms with E-state index >= 15 is 0 Å². The fourth-order valence-corrected chi connectivity index (χ4v) is 2.69. The Balaban J connectivity index is 1.90. The number of amides is 1. The van der Waals surface area contributed by atoms with Crippen molar-refractivity contribution in [1.29, 1.82) is 0 Å². The number of aliphatic hydroxyl groups excluding tert-OH is 1. The van der Waals surface area contributed by atoms with Gasteiger partial charge in [-0.15, -0.1) is 0 Å². The molecule has 7 heteroatoms. The van der Waals surface area contributed by atoms with Gasteiger partial charge in [0.1, 0.15) is 11.5 Å². The predicted octanol–water partition coefficient (Wildman–Crippen LogP) is 1.62. The van der Waals surface area contributed by atoms with Gasteiger partial charge in [0, 0.05) is 17.8 Å². The third kappa shape index (κ3) is 3.41. The van der Waals surface area contributed by atoms with Crippen LogP contribution in [-0.4, -0.2) is 48.7 Å². The van der Waals surface area contributed by atoms with Crippen molar-refractivity contribution < 1.29 is 23.8 Å². The summed E-state index contributed by atoms with van der Waals surface area (Å²) in [5.74, 6) is -0.221. The highest BCUT2D eigenvalue weighted by Crippen LogP contribution is 2.26. The number of furan rings is 1. The summed E-state index contributed by atoms with van der Waals surface area (Å²) in [7, 11) is 1.27. The zero-order chi connectivity index (χ0) is 17.8. The minimum absolute atomic E-state index is 0.103. The number of β-amino-alcohol motifs (C(OH)–C–C–N with tert-alkyl or cyclic N) is 1. The first-order chi connectivity index (χ1) is 12.1. The highest BCUT2D eigenvalue weighted by Gasteiger charge is 2.34. The summed E-state index contributed by atoms with van der Waals surface area (Å²) in [4.78, 5) is 25.9. The largest absolute Gasteiger partial charge is 0.466 e. The van der Waals surface area contributed by atoms with E-state index in [0.29, 0.717) is 11.4 Å². The third-order valence-corrected chi connectivity index (χ3v) is 3.89. The van der Waals surface area contributed by atoms with Crippen molar-refractivity contribution in [1.82, 2.24) is 4.90 Å². The molecule has 25 heavy (non-hydrogen) atoms. The molecule has 1 aliphatic rings. The van der Waals surface area contributed by atoms with E-state index in [0.717, 1.165) is 5.56 Å². The molecule has 1 aliphatic heterocycles. The second-order valence-corrected chi connectivity index (χ2v) is 5.48. The van der Waals surface area contributed by atoms with Crippen LogP contribution in [0.25, 0.3) is 11.3 Å². The number of ether oxygens (including phenoxy) is 1. The first-order valence-corrected chi connectivity index (χ1v) is 7.76. The van der Waals surface area contributed by atoms with Gasteiger partial charge >= 0.3 is 5.97 Å². The second-order valence-electron chi connectivity index (χ2n) is 5.48. The zero-order valence-electron chi connectivity index (χ0n) is 13.7. The summed E-state index contributed by atoms with van der Waals surface area (Å²) in [6.45, 7) is 0.0741. The van der Waals surface area contributed by atoms with Crippen molar-refractivity contribution in [3.05, 3.63) is 53.9 Å². The van der Waals surface area contributed by atoms with Gasteiger partial charge in [-0.2, -0.15) is 0 Å². The van der Waals surface area contributed by atoms with Crippen LogP contribution in [0.4, 0.5) is 5.69 Å². The van der Waals surface area contributed by atoms with Crippen LogP contribution in [-0.2, 0) is 14.3 Å². The first-order valence-electron chi connectivity index (χ1n) is 7.76. The fourth-order valence-electron chi connectivity index (χ4n) is 2.69. The number of benzene rings is 1. The van der Waals surface area contributed by atoms with Crippen molar-refractivity contribution >= 4 is 17.6 Å². The Morgan fingerprint density at radius 3 is 2.88 bits per heavy atom. The molecule has 1 aromatic carbocycles. The van der Waals surface area contributed by atoms with E-state index in [2.05, 4.69) is 5.32 Å². The molecule has 0 atom stereocenters. The standard InChI is InChI=1S/C18H18N2O5/c1-24-18(23)14-11-20(7-8-21)17(22)16(14)19-13-5-2-4-12(10-13)15-6-3-9-25-15/h2-6,9-10,19,21H,7-8,11H2,1H3. The van der Waals surface area contributed by atoms with E-state index in [9.17, 15) is 9.59 Å². The van der Waals surface area contributed by atoms with Gasteiger partial charge in [0.05, 0.1) is 32.1 Å². The number of hydrogen-bond donors (Lipinski definition) is 2. The topological polar surface area (TPSA) is 92.0 Å². The summed E-state index contributed by atoms with van der Waals surface area (Å²) in [6, 6.07) is 10.9. The van der Waals surface area contributed by atoms with Crippen LogP contribution in [0.5, 0.6) is 0 Å². The zero-order valence-corrected chi connectivity index (χ0v) is 13.7. The van der Waals surface area contributed by atoms with Crippen LogP contribution >= 0.6 is 0 Å². The van der Waals surface area contributed by atoms with Gasteiger partial charge in [0.2, 0.25) is 0 Å². The molecule has 130 valence electrons. The van der Waals surface area contributed by atoms with Gasteiger partial charge in [0.15, 0.2) is 0 Å². The Morgan fingerprint density at radius 1 is 1.36 bits per heavy atom. The lowest BCUT2D eigenvalue weighted by Crippen LogP contribution is -2.31. The highest BCUT2D eigenvalue weighted by atomic mass is 16.5. The number of anilines is 1. The van der Waals surface area contributed by atoms with Crippen molar-refractivity contribution in [2.75, 3.05) is 32.1 Å². The molecule has 1 aromatic heterocycles. The van der Waals surface area contributed by atoms with Gasteiger partial charge in [0.25, 0.3) is 5.91 Å².